The lowest BCUT2D eigenvalue weighted by molar-refractivity contribution is 0.0344. The minimum Gasteiger partial charge on any atom is -0.497 e. The summed E-state index contributed by atoms with van der Waals surface area (Å²) in [7, 11) is 1.70. The second-order valence-electron chi connectivity index (χ2n) is 12.8. The van der Waals surface area contributed by atoms with Crippen LogP contribution in [0, 0.1) is 20.8 Å². The normalized spacial score (nSPS) is 14.4. The molecule has 0 radical (unpaired) electrons. The van der Waals surface area contributed by atoms with Crippen LogP contribution in [0.3, 0.4) is 0 Å². The highest BCUT2D eigenvalue weighted by molar-refractivity contribution is 5.94. The number of benzene rings is 2. The molecule has 0 bridgehead atoms. The lowest BCUT2D eigenvalue weighted by Crippen LogP contribution is -2.50. The first-order chi connectivity index (χ1) is 21.1. The summed E-state index contributed by atoms with van der Waals surface area (Å²) in [5, 5.41) is 11.4. The van der Waals surface area contributed by atoms with E-state index in [1.54, 1.807) is 7.11 Å². The number of hydrogen-bond donors (Lipinski definition) is 1. The monoisotopic (exact) mass is 589 g/mol. The molecule has 1 aliphatic heterocycles. The van der Waals surface area contributed by atoms with Gasteiger partial charge >= 0.3 is 0 Å². The highest BCUT2D eigenvalue weighted by Gasteiger charge is 2.23. The molecule has 0 unspecified atom stereocenters. The van der Waals surface area contributed by atoms with Gasteiger partial charge in [-0.3, -0.25) is 9.88 Å². The summed E-state index contributed by atoms with van der Waals surface area (Å²) in [6.45, 7) is 15.2. The number of fused-ring (bicyclic) bond motifs is 1. The number of pyridine rings is 2. The van der Waals surface area contributed by atoms with Crippen LogP contribution in [-0.4, -0.2) is 70.0 Å². The Labute approximate surface area is 260 Å². The van der Waals surface area contributed by atoms with E-state index in [-0.39, 0.29) is 0 Å². The summed E-state index contributed by atoms with van der Waals surface area (Å²) in [6.07, 6.45) is 2.00. The molecule has 4 heterocycles. The van der Waals surface area contributed by atoms with E-state index in [4.69, 9.17) is 9.72 Å². The Hall–Kier alpha value is -4.20. The number of β-amino-alcohol motifs (C(OH)–C–C–N with tert-alkyl or cyclic N) is 1. The zero-order valence-electron chi connectivity index (χ0n) is 26.8. The number of hydrogen-bond acceptors (Lipinski definition) is 6. The fourth-order valence-electron chi connectivity index (χ4n) is 6.55. The number of nitrogens with zero attached hydrogens (tertiary/aromatic N) is 5. The van der Waals surface area contributed by atoms with Crippen LogP contribution >= 0.6 is 0 Å². The lowest BCUT2D eigenvalue weighted by Gasteiger charge is -2.37. The molecule has 0 saturated carbocycles. The Morgan fingerprint density at radius 2 is 1.50 bits per heavy atom. The van der Waals surface area contributed by atoms with Crippen molar-refractivity contribution in [3.8, 4) is 28.1 Å². The molecule has 6 rings (SSSR count). The molecule has 1 saturated heterocycles. The van der Waals surface area contributed by atoms with Gasteiger partial charge in [0, 0.05) is 78.9 Å². The second-order valence-corrected chi connectivity index (χ2v) is 12.8. The first-order valence-corrected chi connectivity index (χ1v) is 15.5. The zero-order chi connectivity index (χ0) is 31.0. The van der Waals surface area contributed by atoms with Gasteiger partial charge in [-0.1, -0.05) is 24.3 Å². The Bertz CT molecular complexity index is 1740. The van der Waals surface area contributed by atoms with Gasteiger partial charge in [0.1, 0.15) is 11.6 Å². The Morgan fingerprint density at radius 3 is 2.11 bits per heavy atom. The van der Waals surface area contributed by atoms with Gasteiger partial charge in [0.25, 0.3) is 0 Å². The van der Waals surface area contributed by atoms with Crippen LogP contribution in [0.25, 0.3) is 33.3 Å². The summed E-state index contributed by atoms with van der Waals surface area (Å²) < 4.78 is 7.86. The minimum absolute atomic E-state index is 0.673. The first-order valence-electron chi connectivity index (χ1n) is 15.5. The third kappa shape index (κ3) is 6.35. The molecule has 0 spiro atoms. The summed E-state index contributed by atoms with van der Waals surface area (Å²) in [6, 6.07) is 23.8. The summed E-state index contributed by atoms with van der Waals surface area (Å²) >= 11 is 0. The molecule has 228 valence electrons. The van der Waals surface area contributed by atoms with Crippen molar-refractivity contribution in [1.82, 2.24) is 19.4 Å². The summed E-state index contributed by atoms with van der Waals surface area (Å²) in [4.78, 5) is 14.2. The summed E-state index contributed by atoms with van der Waals surface area (Å²) in [5.41, 5.74) is 9.70. The van der Waals surface area contributed by atoms with Gasteiger partial charge in [0.2, 0.25) is 0 Å². The van der Waals surface area contributed by atoms with Crippen LogP contribution < -0.4 is 9.64 Å². The quantitative estimate of drug-likeness (QED) is 0.219. The van der Waals surface area contributed by atoms with Crippen molar-refractivity contribution >= 4 is 16.7 Å². The number of aryl methyl sites for hydroxylation is 3. The topological polar surface area (TPSA) is 66.7 Å². The van der Waals surface area contributed by atoms with Crippen molar-refractivity contribution in [2.45, 2.75) is 46.8 Å². The van der Waals surface area contributed by atoms with Crippen molar-refractivity contribution in [3.63, 3.8) is 0 Å². The molecule has 0 aliphatic carbocycles. The van der Waals surface area contributed by atoms with E-state index in [0.717, 1.165) is 66.8 Å². The van der Waals surface area contributed by atoms with Gasteiger partial charge in [-0.15, -0.1) is 0 Å². The number of aliphatic hydroxyl groups is 1. The van der Waals surface area contributed by atoms with Gasteiger partial charge in [-0.2, -0.15) is 0 Å². The second kappa shape index (κ2) is 12.1. The number of methoxy groups -OCH3 is 1. The molecule has 1 aliphatic rings. The van der Waals surface area contributed by atoms with Crippen LogP contribution in [0.5, 0.6) is 5.75 Å². The fraction of sp³-hybridized carbons (Fsp3) is 0.351. The molecule has 44 heavy (non-hydrogen) atoms. The number of aromatic nitrogens is 3. The fourth-order valence-corrected chi connectivity index (χ4v) is 6.55. The van der Waals surface area contributed by atoms with Crippen LogP contribution in [0.15, 0.2) is 72.9 Å². The van der Waals surface area contributed by atoms with Crippen LogP contribution in [-0.2, 0) is 6.54 Å². The predicted molar refractivity (Wildman–Crippen MR) is 180 cm³/mol. The Kier molecular flexibility index (Phi) is 8.18. The SMILES string of the molecule is COc1ccc(Cn2c(-c3cc(C)nc(C)c3)c(C)c3ccc(-c4ccc(N5CCN(CC(C)(C)O)CC5)nc4)cc32)cc1. The zero-order valence-corrected chi connectivity index (χ0v) is 26.8. The third-order valence-electron chi connectivity index (χ3n) is 8.56. The summed E-state index contributed by atoms with van der Waals surface area (Å²) in [5.74, 6) is 1.86. The van der Waals surface area contributed by atoms with Gasteiger partial charge in [-0.25, -0.2) is 4.98 Å². The van der Waals surface area contributed by atoms with Crippen molar-refractivity contribution in [3.05, 3.63) is 95.4 Å². The molecule has 3 aromatic heterocycles. The first kappa shape index (κ1) is 29.9. The van der Waals surface area contributed by atoms with Gasteiger partial charge in [-0.05, 0) is 93.8 Å². The lowest BCUT2D eigenvalue weighted by atomic mass is 10.0. The molecule has 2 aromatic carbocycles. The van der Waals surface area contributed by atoms with Crippen molar-refractivity contribution in [2.75, 3.05) is 44.7 Å². The van der Waals surface area contributed by atoms with Crippen LogP contribution in [0.2, 0.25) is 0 Å². The molecule has 7 nitrogen and oxygen atoms in total. The van der Waals surface area contributed by atoms with Gasteiger partial charge in [0.15, 0.2) is 0 Å². The maximum absolute atomic E-state index is 10.2. The smallest absolute Gasteiger partial charge is 0.128 e. The van der Waals surface area contributed by atoms with Crippen molar-refractivity contribution in [1.29, 1.82) is 0 Å². The molecule has 1 N–H and O–H groups in total. The molecule has 0 amide bonds. The Morgan fingerprint density at radius 1 is 0.818 bits per heavy atom. The molecule has 0 atom stereocenters. The maximum Gasteiger partial charge on any atom is 0.128 e. The van der Waals surface area contributed by atoms with Crippen molar-refractivity contribution < 1.29 is 9.84 Å². The van der Waals surface area contributed by atoms with E-state index < -0.39 is 5.60 Å². The van der Waals surface area contributed by atoms with Crippen LogP contribution in [0.4, 0.5) is 5.82 Å². The van der Waals surface area contributed by atoms with E-state index in [9.17, 15) is 5.11 Å². The van der Waals surface area contributed by atoms with Gasteiger partial charge in [0.05, 0.1) is 18.4 Å². The minimum atomic E-state index is -0.673. The molecule has 5 aromatic rings. The van der Waals surface area contributed by atoms with Crippen molar-refractivity contribution in [2.24, 2.45) is 0 Å². The number of rotatable bonds is 8. The largest absolute Gasteiger partial charge is 0.497 e. The predicted octanol–water partition coefficient (Wildman–Crippen LogP) is 6.64. The average molecular weight is 590 g/mol. The third-order valence-corrected chi connectivity index (χ3v) is 8.56. The van der Waals surface area contributed by atoms with E-state index in [2.05, 4.69) is 94.7 Å². The number of ether oxygens (including phenoxy) is 1. The molecular weight excluding hydrogens is 546 g/mol. The maximum atomic E-state index is 10.2. The van der Waals surface area contributed by atoms with E-state index >= 15 is 0 Å². The molecular formula is C37H43N5O2. The average Bonchev–Trinajstić information content (AvgIpc) is 3.27. The van der Waals surface area contributed by atoms with Gasteiger partial charge < -0.3 is 19.3 Å². The Balaban J connectivity index is 1.34. The number of anilines is 1. The highest BCUT2D eigenvalue weighted by Crippen LogP contribution is 2.37. The van der Waals surface area contributed by atoms with E-state index in [1.165, 1.54) is 33.3 Å². The van der Waals surface area contributed by atoms with Crippen LogP contribution in [0.1, 0.15) is 36.4 Å². The standard InChI is InChI=1S/C37H43N5O2/c1-25-19-31(20-26(2)39-25)36-27(3)33-13-9-29(21-34(33)42(36)23-28-7-11-32(44-6)12-8-28)30-10-14-35(38-22-30)41-17-15-40(16-18-41)24-37(4,5)43/h7-14,19-22,43H,15-18,23-24H2,1-6H3. The molecule has 1 fully saturated rings. The van der Waals surface area contributed by atoms with E-state index in [1.807, 2.05) is 32.2 Å². The highest BCUT2D eigenvalue weighted by atomic mass is 16.5. The molecule has 7 heteroatoms. The number of piperazine rings is 1. The van der Waals surface area contributed by atoms with E-state index in [0.29, 0.717) is 6.54 Å².